The Kier molecular flexibility index (Phi) is 5.38. The maximum atomic E-state index is 12.4. The number of methoxy groups -OCH3 is 2. The molecule has 1 N–H and O–H groups in total. The molecular weight excluding hydrogens is 318 g/mol. The van der Waals surface area contributed by atoms with Crippen LogP contribution < -0.4 is 19.7 Å². The van der Waals surface area contributed by atoms with Crippen molar-refractivity contribution in [2.75, 3.05) is 37.5 Å². The number of carbonyl (C=O) groups excluding carboxylic acids is 1. The molecule has 1 aliphatic heterocycles. The van der Waals surface area contributed by atoms with Gasteiger partial charge >= 0.3 is 0 Å². The molecule has 6 heteroatoms. The lowest BCUT2D eigenvalue weighted by molar-refractivity contribution is 0.102. The van der Waals surface area contributed by atoms with Gasteiger partial charge in [0.1, 0.15) is 5.82 Å². The normalized spacial score (nSPS) is 14.1. The Hall–Kier alpha value is -2.76. The maximum Gasteiger partial charge on any atom is 0.255 e. The van der Waals surface area contributed by atoms with Gasteiger partial charge in [0.15, 0.2) is 11.5 Å². The number of benzene rings is 1. The van der Waals surface area contributed by atoms with E-state index in [-0.39, 0.29) is 5.91 Å². The lowest BCUT2D eigenvalue weighted by Crippen LogP contribution is -2.30. The number of aromatic nitrogens is 1. The minimum atomic E-state index is -0.214. The molecule has 0 atom stereocenters. The molecule has 0 aliphatic carbocycles. The molecule has 1 aromatic carbocycles. The van der Waals surface area contributed by atoms with E-state index in [0.29, 0.717) is 22.7 Å². The van der Waals surface area contributed by atoms with Gasteiger partial charge in [0.05, 0.1) is 26.1 Å². The van der Waals surface area contributed by atoms with Crippen LogP contribution in [0.4, 0.5) is 11.5 Å². The van der Waals surface area contributed by atoms with Crippen LogP contribution in [0.3, 0.4) is 0 Å². The van der Waals surface area contributed by atoms with Crippen LogP contribution in [0.15, 0.2) is 36.5 Å². The van der Waals surface area contributed by atoms with Crippen LogP contribution in [-0.2, 0) is 0 Å². The van der Waals surface area contributed by atoms with Gasteiger partial charge in [-0.2, -0.15) is 0 Å². The third kappa shape index (κ3) is 4.02. The molecule has 0 bridgehead atoms. The molecule has 1 aromatic heterocycles. The highest BCUT2D eigenvalue weighted by molar-refractivity contribution is 6.04. The molecule has 3 rings (SSSR count). The summed E-state index contributed by atoms with van der Waals surface area (Å²) in [6.45, 7) is 2.09. The Morgan fingerprint density at radius 2 is 1.80 bits per heavy atom. The summed E-state index contributed by atoms with van der Waals surface area (Å²) in [4.78, 5) is 19.2. The van der Waals surface area contributed by atoms with Crippen molar-refractivity contribution < 1.29 is 14.3 Å². The zero-order valence-electron chi connectivity index (χ0n) is 14.6. The summed E-state index contributed by atoms with van der Waals surface area (Å²) in [6, 6.07) is 8.91. The zero-order chi connectivity index (χ0) is 17.6. The lowest BCUT2D eigenvalue weighted by atomic mass is 10.1. The summed E-state index contributed by atoms with van der Waals surface area (Å²) in [5, 5.41) is 2.86. The Labute approximate surface area is 147 Å². The van der Waals surface area contributed by atoms with Crippen LogP contribution in [-0.4, -0.2) is 38.2 Å². The molecule has 2 aromatic rings. The number of pyridine rings is 1. The highest BCUT2D eigenvalue weighted by Crippen LogP contribution is 2.28. The van der Waals surface area contributed by atoms with Gasteiger partial charge < -0.3 is 19.7 Å². The van der Waals surface area contributed by atoms with E-state index < -0.39 is 0 Å². The molecule has 25 heavy (non-hydrogen) atoms. The molecule has 1 fully saturated rings. The molecule has 0 radical (unpaired) electrons. The van der Waals surface area contributed by atoms with E-state index in [1.807, 2.05) is 12.1 Å². The smallest absolute Gasteiger partial charge is 0.255 e. The number of hydrogen-bond acceptors (Lipinski definition) is 5. The fraction of sp³-hybridized carbons (Fsp3) is 0.368. The third-order valence-electron chi connectivity index (χ3n) is 4.33. The number of amides is 1. The molecule has 1 saturated heterocycles. The van der Waals surface area contributed by atoms with E-state index >= 15 is 0 Å². The topological polar surface area (TPSA) is 63.7 Å². The molecule has 132 valence electrons. The first kappa shape index (κ1) is 17.1. The average molecular weight is 341 g/mol. The number of nitrogens with zero attached hydrogens (tertiary/aromatic N) is 2. The minimum absolute atomic E-state index is 0.214. The Morgan fingerprint density at radius 1 is 1.04 bits per heavy atom. The Morgan fingerprint density at radius 3 is 2.44 bits per heavy atom. The summed E-state index contributed by atoms with van der Waals surface area (Å²) in [6.07, 6.45) is 5.40. The third-order valence-corrected chi connectivity index (χ3v) is 4.33. The van der Waals surface area contributed by atoms with Gasteiger partial charge in [-0.3, -0.25) is 4.79 Å². The molecule has 6 nitrogen and oxygen atoms in total. The van der Waals surface area contributed by atoms with Crippen molar-refractivity contribution in [3.63, 3.8) is 0 Å². The summed E-state index contributed by atoms with van der Waals surface area (Å²) >= 11 is 0. The van der Waals surface area contributed by atoms with E-state index in [1.54, 1.807) is 38.6 Å². The number of ether oxygens (including phenoxy) is 2. The van der Waals surface area contributed by atoms with E-state index in [4.69, 9.17) is 9.47 Å². The fourth-order valence-corrected chi connectivity index (χ4v) is 2.95. The van der Waals surface area contributed by atoms with Crippen LogP contribution in [0.2, 0.25) is 0 Å². The van der Waals surface area contributed by atoms with Crippen molar-refractivity contribution in [3.8, 4) is 11.5 Å². The number of piperidine rings is 1. The van der Waals surface area contributed by atoms with Gasteiger partial charge in [-0.1, -0.05) is 0 Å². The predicted octanol–water partition coefficient (Wildman–Crippen LogP) is 3.34. The van der Waals surface area contributed by atoms with Gasteiger partial charge in [0.25, 0.3) is 5.91 Å². The van der Waals surface area contributed by atoms with E-state index in [2.05, 4.69) is 15.2 Å². The SMILES string of the molecule is COc1ccc(C(=O)Nc2ccc(N3CCCCC3)nc2)cc1OC. The second-order valence-corrected chi connectivity index (χ2v) is 5.98. The van der Waals surface area contributed by atoms with Gasteiger partial charge in [-0.05, 0) is 49.6 Å². The fourth-order valence-electron chi connectivity index (χ4n) is 2.95. The molecule has 0 spiro atoms. The Bertz CT molecular complexity index is 725. The lowest BCUT2D eigenvalue weighted by Gasteiger charge is -2.27. The molecule has 0 unspecified atom stereocenters. The van der Waals surface area contributed by atoms with Crippen LogP contribution in [0.1, 0.15) is 29.6 Å². The highest BCUT2D eigenvalue weighted by Gasteiger charge is 2.13. The summed E-state index contributed by atoms with van der Waals surface area (Å²) < 4.78 is 10.4. The van der Waals surface area contributed by atoms with Crippen molar-refractivity contribution in [1.82, 2.24) is 4.98 Å². The van der Waals surface area contributed by atoms with Gasteiger partial charge in [0.2, 0.25) is 0 Å². The number of hydrogen-bond donors (Lipinski definition) is 1. The average Bonchev–Trinajstić information content (AvgIpc) is 2.68. The van der Waals surface area contributed by atoms with Gasteiger partial charge in [-0.15, -0.1) is 0 Å². The number of anilines is 2. The van der Waals surface area contributed by atoms with Crippen molar-refractivity contribution in [3.05, 3.63) is 42.1 Å². The van der Waals surface area contributed by atoms with Gasteiger partial charge in [0, 0.05) is 18.7 Å². The first-order valence-electron chi connectivity index (χ1n) is 8.45. The quantitative estimate of drug-likeness (QED) is 0.904. The van der Waals surface area contributed by atoms with E-state index in [1.165, 1.54) is 19.3 Å². The van der Waals surface area contributed by atoms with Crippen LogP contribution in [0, 0.1) is 0 Å². The van der Waals surface area contributed by atoms with Crippen molar-refractivity contribution >= 4 is 17.4 Å². The molecule has 1 aliphatic rings. The molecule has 2 heterocycles. The first-order chi connectivity index (χ1) is 12.2. The van der Waals surface area contributed by atoms with Crippen molar-refractivity contribution in [1.29, 1.82) is 0 Å². The van der Waals surface area contributed by atoms with Crippen LogP contribution in [0.5, 0.6) is 11.5 Å². The number of rotatable bonds is 5. The second-order valence-electron chi connectivity index (χ2n) is 5.98. The van der Waals surface area contributed by atoms with Crippen molar-refractivity contribution in [2.45, 2.75) is 19.3 Å². The largest absolute Gasteiger partial charge is 0.493 e. The molecular formula is C19H23N3O3. The molecule has 1 amide bonds. The number of carbonyl (C=O) groups is 1. The Balaban J connectivity index is 1.68. The first-order valence-corrected chi connectivity index (χ1v) is 8.45. The van der Waals surface area contributed by atoms with Crippen LogP contribution in [0.25, 0.3) is 0 Å². The van der Waals surface area contributed by atoms with E-state index in [9.17, 15) is 4.79 Å². The van der Waals surface area contributed by atoms with Gasteiger partial charge in [-0.25, -0.2) is 4.98 Å². The second kappa shape index (κ2) is 7.88. The number of nitrogens with one attached hydrogen (secondary N) is 1. The minimum Gasteiger partial charge on any atom is -0.493 e. The highest BCUT2D eigenvalue weighted by atomic mass is 16.5. The van der Waals surface area contributed by atoms with E-state index in [0.717, 1.165) is 18.9 Å². The summed E-state index contributed by atoms with van der Waals surface area (Å²) in [5.41, 5.74) is 1.17. The van der Waals surface area contributed by atoms with Crippen LogP contribution >= 0.6 is 0 Å². The standard InChI is InChI=1S/C19H23N3O3/c1-24-16-8-6-14(12-17(16)25-2)19(23)21-15-7-9-18(20-13-15)22-10-4-3-5-11-22/h6-9,12-13H,3-5,10-11H2,1-2H3,(H,21,23). The predicted molar refractivity (Wildman–Crippen MR) is 97.8 cm³/mol. The monoisotopic (exact) mass is 341 g/mol. The summed E-state index contributed by atoms with van der Waals surface area (Å²) in [5.74, 6) is 1.86. The van der Waals surface area contributed by atoms with Crippen molar-refractivity contribution in [2.24, 2.45) is 0 Å². The maximum absolute atomic E-state index is 12.4. The molecule has 0 saturated carbocycles. The zero-order valence-corrected chi connectivity index (χ0v) is 14.6. The summed E-state index contributed by atoms with van der Waals surface area (Å²) in [7, 11) is 3.11.